The van der Waals surface area contributed by atoms with Crippen molar-refractivity contribution in [1.82, 2.24) is 4.98 Å². The van der Waals surface area contributed by atoms with Gasteiger partial charge in [0.2, 0.25) is 0 Å². The summed E-state index contributed by atoms with van der Waals surface area (Å²) < 4.78 is 11.6. The number of carbonyl (C=O) groups is 1. The van der Waals surface area contributed by atoms with Crippen LogP contribution in [-0.4, -0.2) is 15.8 Å². The van der Waals surface area contributed by atoms with Crippen LogP contribution in [0.3, 0.4) is 0 Å². The van der Waals surface area contributed by atoms with Gasteiger partial charge in [0.1, 0.15) is 18.2 Å². The lowest BCUT2D eigenvalue weighted by molar-refractivity contribution is -0.386. The van der Waals surface area contributed by atoms with Crippen molar-refractivity contribution in [3.8, 4) is 5.75 Å². The molecule has 2 heterocycles. The van der Waals surface area contributed by atoms with Crippen LogP contribution in [0.2, 0.25) is 0 Å². The quantitative estimate of drug-likeness (QED) is 0.476. The number of halogens is 1. The van der Waals surface area contributed by atoms with Gasteiger partial charge in [-0.05, 0) is 46.3 Å². The van der Waals surface area contributed by atoms with Crippen LogP contribution in [-0.2, 0) is 6.61 Å². The average molecular weight is 418 g/mol. The fraction of sp³-hybridized carbons (Fsp3) is 0.0588. The number of nitrogens with zero attached hydrogens (tertiary/aromatic N) is 2. The predicted octanol–water partition coefficient (Wildman–Crippen LogP) is 4.18. The van der Waals surface area contributed by atoms with E-state index < -0.39 is 10.8 Å². The number of hydrogen-bond acceptors (Lipinski definition) is 6. The van der Waals surface area contributed by atoms with E-state index in [1.807, 2.05) is 0 Å². The first kappa shape index (κ1) is 17.6. The minimum atomic E-state index is -0.526. The molecule has 0 saturated heterocycles. The minimum absolute atomic E-state index is 0.0470. The van der Waals surface area contributed by atoms with E-state index in [1.54, 1.807) is 36.5 Å². The number of anilines is 1. The molecule has 8 nitrogen and oxygen atoms in total. The monoisotopic (exact) mass is 417 g/mol. The summed E-state index contributed by atoms with van der Waals surface area (Å²) in [7, 11) is 0. The summed E-state index contributed by atoms with van der Waals surface area (Å²) in [5.41, 5.74) is -0.140. The van der Waals surface area contributed by atoms with Crippen LogP contribution in [0, 0.1) is 10.1 Å². The van der Waals surface area contributed by atoms with E-state index in [1.165, 1.54) is 18.2 Å². The maximum atomic E-state index is 12.1. The third-order valence-electron chi connectivity index (χ3n) is 3.29. The summed E-state index contributed by atoms with van der Waals surface area (Å²) >= 11 is 3.26. The zero-order chi connectivity index (χ0) is 18.5. The smallest absolute Gasteiger partial charge is 0.310 e. The van der Waals surface area contributed by atoms with E-state index in [4.69, 9.17) is 9.15 Å². The Labute approximate surface area is 156 Å². The SMILES string of the molecule is O=C(Nc1ccc(Br)cn1)c1ccc(COc2ccccc2[N+](=O)[O-])o1. The Kier molecular flexibility index (Phi) is 5.28. The van der Waals surface area contributed by atoms with E-state index in [0.29, 0.717) is 11.6 Å². The molecule has 2 aromatic heterocycles. The fourth-order valence-electron chi connectivity index (χ4n) is 2.08. The lowest BCUT2D eigenvalue weighted by Crippen LogP contribution is -2.11. The van der Waals surface area contributed by atoms with Gasteiger partial charge in [0, 0.05) is 16.7 Å². The summed E-state index contributed by atoms with van der Waals surface area (Å²) in [4.78, 5) is 26.6. The molecule has 0 aliphatic heterocycles. The molecular formula is C17H12BrN3O5. The Hall–Kier alpha value is -3.20. The fourth-order valence-corrected chi connectivity index (χ4v) is 2.32. The first-order valence-corrected chi connectivity index (χ1v) is 8.20. The standard InChI is InChI=1S/C17H12BrN3O5/c18-11-5-8-16(19-9-11)20-17(22)15-7-6-12(26-15)10-25-14-4-2-1-3-13(14)21(23)24/h1-9H,10H2,(H,19,20,22). The number of benzene rings is 1. The van der Waals surface area contributed by atoms with E-state index >= 15 is 0 Å². The van der Waals surface area contributed by atoms with Crippen LogP contribution in [0.25, 0.3) is 0 Å². The van der Waals surface area contributed by atoms with Gasteiger partial charge in [-0.2, -0.15) is 0 Å². The predicted molar refractivity (Wildman–Crippen MR) is 96.0 cm³/mol. The molecule has 1 amide bonds. The molecular weight excluding hydrogens is 406 g/mol. The van der Waals surface area contributed by atoms with Crippen molar-refractivity contribution in [1.29, 1.82) is 0 Å². The molecule has 0 spiro atoms. The highest BCUT2D eigenvalue weighted by Gasteiger charge is 2.16. The number of amides is 1. The van der Waals surface area contributed by atoms with Crippen molar-refractivity contribution < 1.29 is 18.9 Å². The molecule has 1 aromatic carbocycles. The number of nitrogens with one attached hydrogen (secondary N) is 1. The largest absolute Gasteiger partial charge is 0.479 e. The lowest BCUT2D eigenvalue weighted by Gasteiger charge is -2.05. The number of ether oxygens (including phenoxy) is 1. The molecule has 0 saturated carbocycles. The summed E-state index contributed by atoms with van der Waals surface area (Å²) in [5, 5.41) is 13.6. The van der Waals surface area contributed by atoms with E-state index in [9.17, 15) is 14.9 Å². The van der Waals surface area contributed by atoms with Crippen molar-refractivity contribution in [3.05, 3.63) is 80.8 Å². The van der Waals surface area contributed by atoms with Crippen molar-refractivity contribution in [2.75, 3.05) is 5.32 Å². The molecule has 0 bridgehead atoms. The van der Waals surface area contributed by atoms with Gasteiger partial charge in [-0.25, -0.2) is 4.98 Å². The van der Waals surface area contributed by atoms with Crippen LogP contribution < -0.4 is 10.1 Å². The van der Waals surface area contributed by atoms with Crippen molar-refractivity contribution in [3.63, 3.8) is 0 Å². The second kappa shape index (κ2) is 7.79. The summed E-state index contributed by atoms with van der Waals surface area (Å²) in [6.07, 6.45) is 1.56. The van der Waals surface area contributed by atoms with E-state index in [-0.39, 0.29) is 23.8 Å². The van der Waals surface area contributed by atoms with Gasteiger partial charge >= 0.3 is 5.69 Å². The van der Waals surface area contributed by atoms with Crippen LogP contribution in [0.15, 0.2) is 63.6 Å². The third-order valence-corrected chi connectivity index (χ3v) is 3.76. The number of nitro benzene ring substituents is 1. The van der Waals surface area contributed by atoms with E-state index in [0.717, 1.165) is 4.47 Å². The summed E-state index contributed by atoms with van der Waals surface area (Å²) in [5.74, 6) is 0.482. The second-order valence-electron chi connectivity index (χ2n) is 5.10. The number of carbonyl (C=O) groups excluding carboxylic acids is 1. The Bertz CT molecular complexity index is 940. The molecule has 3 aromatic rings. The number of rotatable bonds is 6. The molecule has 9 heteroatoms. The normalized spacial score (nSPS) is 10.3. The van der Waals surface area contributed by atoms with Gasteiger partial charge in [0.25, 0.3) is 5.91 Å². The lowest BCUT2D eigenvalue weighted by atomic mass is 10.3. The van der Waals surface area contributed by atoms with Crippen molar-refractivity contribution >= 4 is 33.3 Å². The minimum Gasteiger partial charge on any atom is -0.479 e. The molecule has 0 atom stereocenters. The second-order valence-corrected chi connectivity index (χ2v) is 6.01. The van der Waals surface area contributed by atoms with E-state index in [2.05, 4.69) is 26.2 Å². The number of para-hydroxylation sites is 2. The maximum absolute atomic E-state index is 12.1. The average Bonchev–Trinajstić information content (AvgIpc) is 3.11. The van der Waals surface area contributed by atoms with Gasteiger partial charge in [-0.15, -0.1) is 0 Å². The molecule has 0 unspecified atom stereocenters. The highest BCUT2D eigenvalue weighted by Crippen LogP contribution is 2.26. The first-order valence-electron chi connectivity index (χ1n) is 7.41. The van der Waals surface area contributed by atoms with Gasteiger partial charge in [0.05, 0.1) is 4.92 Å². The Morgan fingerprint density at radius 2 is 2.04 bits per heavy atom. The topological polar surface area (TPSA) is 108 Å². The Morgan fingerprint density at radius 1 is 1.23 bits per heavy atom. The Balaban J connectivity index is 1.64. The number of aromatic nitrogens is 1. The first-order chi connectivity index (χ1) is 12.5. The Morgan fingerprint density at radius 3 is 2.77 bits per heavy atom. The van der Waals surface area contributed by atoms with Crippen LogP contribution >= 0.6 is 15.9 Å². The zero-order valence-electron chi connectivity index (χ0n) is 13.2. The molecule has 0 aliphatic rings. The zero-order valence-corrected chi connectivity index (χ0v) is 14.8. The number of pyridine rings is 1. The molecule has 0 fully saturated rings. The highest BCUT2D eigenvalue weighted by atomic mass is 79.9. The van der Waals surface area contributed by atoms with Crippen molar-refractivity contribution in [2.24, 2.45) is 0 Å². The molecule has 132 valence electrons. The van der Waals surface area contributed by atoms with Gasteiger partial charge in [-0.1, -0.05) is 12.1 Å². The molecule has 26 heavy (non-hydrogen) atoms. The van der Waals surface area contributed by atoms with Crippen LogP contribution in [0.4, 0.5) is 11.5 Å². The van der Waals surface area contributed by atoms with Gasteiger partial charge < -0.3 is 14.5 Å². The molecule has 0 radical (unpaired) electrons. The number of furan rings is 1. The third kappa shape index (κ3) is 4.25. The van der Waals surface area contributed by atoms with Gasteiger partial charge in [0.15, 0.2) is 11.5 Å². The summed E-state index contributed by atoms with van der Waals surface area (Å²) in [6, 6.07) is 12.5. The maximum Gasteiger partial charge on any atom is 0.310 e. The highest BCUT2D eigenvalue weighted by molar-refractivity contribution is 9.10. The van der Waals surface area contributed by atoms with Crippen LogP contribution in [0.1, 0.15) is 16.3 Å². The summed E-state index contributed by atoms with van der Waals surface area (Å²) in [6.45, 7) is -0.0470. The van der Waals surface area contributed by atoms with Crippen LogP contribution in [0.5, 0.6) is 5.75 Å². The number of hydrogen-bond donors (Lipinski definition) is 1. The van der Waals surface area contributed by atoms with Crippen molar-refractivity contribution in [2.45, 2.75) is 6.61 Å². The molecule has 3 rings (SSSR count). The number of nitro groups is 1. The van der Waals surface area contributed by atoms with Gasteiger partial charge in [-0.3, -0.25) is 14.9 Å². The molecule has 1 N–H and O–H groups in total. The molecule has 0 aliphatic carbocycles.